The monoisotopic (exact) mass is 277 g/mol. The number of rotatable bonds is 11. The van der Waals surface area contributed by atoms with E-state index in [0.717, 1.165) is 32.0 Å². The molecule has 0 spiro atoms. The largest absolute Gasteiger partial charge is 0.316 e. The van der Waals surface area contributed by atoms with Crippen LogP contribution in [-0.2, 0) is 6.42 Å². The maximum absolute atomic E-state index is 4.36. The first-order valence-corrected chi connectivity index (χ1v) is 7.97. The summed E-state index contributed by atoms with van der Waals surface area (Å²) in [6.45, 7) is 9.10. The molecule has 0 aromatic carbocycles. The van der Waals surface area contributed by atoms with Gasteiger partial charge < -0.3 is 10.2 Å². The lowest BCUT2D eigenvalue weighted by molar-refractivity contribution is 0.327. The van der Waals surface area contributed by atoms with Crippen LogP contribution < -0.4 is 5.32 Å². The van der Waals surface area contributed by atoms with Gasteiger partial charge in [-0.05, 0) is 57.6 Å². The number of pyridine rings is 1. The minimum absolute atomic E-state index is 0.757. The van der Waals surface area contributed by atoms with E-state index >= 15 is 0 Å². The Morgan fingerprint density at radius 1 is 1.15 bits per heavy atom. The zero-order chi connectivity index (χ0) is 14.6. The summed E-state index contributed by atoms with van der Waals surface area (Å²) in [4.78, 5) is 6.77. The van der Waals surface area contributed by atoms with Gasteiger partial charge in [0.1, 0.15) is 0 Å². The van der Waals surface area contributed by atoms with Crippen LogP contribution in [0.3, 0.4) is 0 Å². The molecule has 0 aliphatic rings. The third kappa shape index (κ3) is 9.05. The van der Waals surface area contributed by atoms with E-state index in [1.165, 1.54) is 31.5 Å². The van der Waals surface area contributed by atoms with Crippen LogP contribution in [0, 0.1) is 5.92 Å². The molecule has 0 unspecified atom stereocenters. The molecule has 1 heterocycles. The van der Waals surface area contributed by atoms with Crippen LogP contribution in [-0.4, -0.2) is 43.1 Å². The molecule has 1 aromatic heterocycles. The average molecular weight is 277 g/mol. The van der Waals surface area contributed by atoms with E-state index in [0.29, 0.717) is 0 Å². The molecule has 114 valence electrons. The predicted octanol–water partition coefficient (Wildman–Crippen LogP) is 2.97. The highest BCUT2D eigenvalue weighted by molar-refractivity contribution is 5.03. The third-order valence-electron chi connectivity index (χ3n) is 3.42. The predicted molar refractivity (Wildman–Crippen MR) is 87.0 cm³/mol. The molecule has 0 radical (unpaired) electrons. The van der Waals surface area contributed by atoms with Crippen LogP contribution in [0.2, 0.25) is 0 Å². The van der Waals surface area contributed by atoms with Crippen molar-refractivity contribution in [2.24, 2.45) is 5.92 Å². The fourth-order valence-corrected chi connectivity index (χ4v) is 2.16. The van der Waals surface area contributed by atoms with E-state index in [9.17, 15) is 0 Å². The van der Waals surface area contributed by atoms with Crippen LogP contribution >= 0.6 is 0 Å². The Labute approximate surface area is 124 Å². The first kappa shape index (κ1) is 17.1. The molecule has 20 heavy (non-hydrogen) atoms. The normalized spacial score (nSPS) is 11.4. The first-order chi connectivity index (χ1) is 9.68. The van der Waals surface area contributed by atoms with Crippen molar-refractivity contribution in [2.75, 3.05) is 33.2 Å². The Balaban J connectivity index is 1.94. The summed E-state index contributed by atoms with van der Waals surface area (Å²) in [6, 6.07) is 6.14. The fraction of sp³-hybridized carbons (Fsp3) is 0.706. The molecule has 0 amide bonds. The van der Waals surface area contributed by atoms with Crippen molar-refractivity contribution in [2.45, 2.75) is 39.5 Å². The van der Waals surface area contributed by atoms with Gasteiger partial charge in [-0.3, -0.25) is 4.98 Å². The van der Waals surface area contributed by atoms with Crippen molar-refractivity contribution in [3.05, 3.63) is 30.1 Å². The second-order valence-corrected chi connectivity index (χ2v) is 6.03. The van der Waals surface area contributed by atoms with Gasteiger partial charge in [-0.1, -0.05) is 26.3 Å². The molecule has 0 bridgehead atoms. The first-order valence-electron chi connectivity index (χ1n) is 7.97. The summed E-state index contributed by atoms with van der Waals surface area (Å²) in [6.07, 6.45) is 6.83. The van der Waals surface area contributed by atoms with Crippen molar-refractivity contribution in [3.8, 4) is 0 Å². The SMILES string of the molecule is CC(C)CNCCCCCN(C)CCc1ccccn1. The van der Waals surface area contributed by atoms with Crippen molar-refractivity contribution in [1.29, 1.82) is 0 Å². The summed E-state index contributed by atoms with van der Waals surface area (Å²) < 4.78 is 0. The molecule has 0 atom stereocenters. The van der Waals surface area contributed by atoms with Gasteiger partial charge >= 0.3 is 0 Å². The molecule has 0 saturated heterocycles. The molecular weight excluding hydrogens is 246 g/mol. The molecule has 0 aliphatic heterocycles. The van der Waals surface area contributed by atoms with Gasteiger partial charge in [0, 0.05) is 24.9 Å². The number of unbranched alkanes of at least 4 members (excludes halogenated alkanes) is 2. The Bertz CT molecular complexity index is 324. The van der Waals surface area contributed by atoms with Gasteiger partial charge in [-0.2, -0.15) is 0 Å². The molecule has 3 nitrogen and oxygen atoms in total. The number of likely N-dealkylation sites (N-methyl/N-ethyl adjacent to an activating group) is 1. The Kier molecular flexibility index (Phi) is 9.25. The van der Waals surface area contributed by atoms with E-state index < -0.39 is 0 Å². The number of nitrogens with one attached hydrogen (secondary N) is 1. The van der Waals surface area contributed by atoms with E-state index in [1.807, 2.05) is 12.3 Å². The number of hydrogen-bond acceptors (Lipinski definition) is 3. The fourth-order valence-electron chi connectivity index (χ4n) is 2.16. The smallest absolute Gasteiger partial charge is 0.0416 e. The van der Waals surface area contributed by atoms with E-state index in [2.05, 4.69) is 48.2 Å². The summed E-state index contributed by atoms with van der Waals surface area (Å²) in [5.74, 6) is 0.757. The highest BCUT2D eigenvalue weighted by atomic mass is 15.1. The summed E-state index contributed by atoms with van der Waals surface area (Å²) >= 11 is 0. The lowest BCUT2D eigenvalue weighted by Crippen LogP contribution is -2.23. The van der Waals surface area contributed by atoms with Crippen LogP contribution in [0.4, 0.5) is 0 Å². The number of hydrogen-bond donors (Lipinski definition) is 1. The van der Waals surface area contributed by atoms with Crippen LogP contribution in [0.1, 0.15) is 38.8 Å². The Hall–Kier alpha value is -0.930. The summed E-state index contributed by atoms with van der Waals surface area (Å²) in [5.41, 5.74) is 1.19. The van der Waals surface area contributed by atoms with Gasteiger partial charge in [0.05, 0.1) is 0 Å². The van der Waals surface area contributed by atoms with Crippen LogP contribution in [0.15, 0.2) is 24.4 Å². The van der Waals surface area contributed by atoms with Gasteiger partial charge in [0.15, 0.2) is 0 Å². The second kappa shape index (κ2) is 10.8. The van der Waals surface area contributed by atoms with Crippen LogP contribution in [0.5, 0.6) is 0 Å². The number of nitrogens with zero attached hydrogens (tertiary/aromatic N) is 2. The maximum Gasteiger partial charge on any atom is 0.0416 e. The molecule has 1 N–H and O–H groups in total. The molecule has 0 fully saturated rings. The van der Waals surface area contributed by atoms with Crippen molar-refractivity contribution < 1.29 is 0 Å². The minimum Gasteiger partial charge on any atom is -0.316 e. The molecule has 3 heteroatoms. The topological polar surface area (TPSA) is 28.2 Å². The maximum atomic E-state index is 4.36. The van der Waals surface area contributed by atoms with E-state index in [1.54, 1.807) is 0 Å². The van der Waals surface area contributed by atoms with E-state index in [-0.39, 0.29) is 0 Å². The van der Waals surface area contributed by atoms with E-state index in [4.69, 9.17) is 0 Å². The Morgan fingerprint density at radius 3 is 2.70 bits per heavy atom. The minimum atomic E-state index is 0.757. The van der Waals surface area contributed by atoms with Gasteiger partial charge in [-0.15, -0.1) is 0 Å². The van der Waals surface area contributed by atoms with Crippen LogP contribution in [0.25, 0.3) is 0 Å². The Morgan fingerprint density at radius 2 is 2.00 bits per heavy atom. The molecule has 0 aliphatic carbocycles. The lowest BCUT2D eigenvalue weighted by Gasteiger charge is -2.16. The van der Waals surface area contributed by atoms with Crippen molar-refractivity contribution >= 4 is 0 Å². The van der Waals surface area contributed by atoms with Crippen molar-refractivity contribution in [1.82, 2.24) is 15.2 Å². The zero-order valence-electron chi connectivity index (χ0n) is 13.4. The summed E-state index contributed by atoms with van der Waals surface area (Å²) in [7, 11) is 2.21. The van der Waals surface area contributed by atoms with Gasteiger partial charge in [0.25, 0.3) is 0 Å². The lowest BCUT2D eigenvalue weighted by atomic mass is 10.2. The third-order valence-corrected chi connectivity index (χ3v) is 3.42. The van der Waals surface area contributed by atoms with Gasteiger partial charge in [0.2, 0.25) is 0 Å². The molecular formula is C17H31N3. The second-order valence-electron chi connectivity index (χ2n) is 6.03. The molecule has 1 aromatic rings. The summed E-state index contributed by atoms with van der Waals surface area (Å²) in [5, 5.41) is 3.50. The average Bonchev–Trinajstić information content (AvgIpc) is 2.45. The zero-order valence-corrected chi connectivity index (χ0v) is 13.4. The quantitative estimate of drug-likeness (QED) is 0.630. The highest BCUT2D eigenvalue weighted by Crippen LogP contribution is 2.00. The number of aromatic nitrogens is 1. The standard InChI is InChI=1S/C17H31N3/c1-16(2)15-18-11-6-4-8-13-20(3)14-10-17-9-5-7-12-19-17/h5,7,9,12,16,18H,4,6,8,10-11,13-15H2,1-3H3. The van der Waals surface area contributed by atoms with Gasteiger partial charge in [-0.25, -0.2) is 0 Å². The van der Waals surface area contributed by atoms with Crippen molar-refractivity contribution in [3.63, 3.8) is 0 Å². The highest BCUT2D eigenvalue weighted by Gasteiger charge is 2.00. The molecule has 1 rings (SSSR count). The molecule has 0 saturated carbocycles.